The van der Waals surface area contributed by atoms with Crippen LogP contribution in [0.2, 0.25) is 0 Å². The smallest absolute Gasteiger partial charge is 0.298 e. The number of rotatable bonds is 3. The van der Waals surface area contributed by atoms with Crippen LogP contribution in [0, 0.1) is 22.7 Å². The molecule has 3 unspecified atom stereocenters. The molecule has 3 atom stereocenters. The van der Waals surface area contributed by atoms with Crippen molar-refractivity contribution >= 4 is 23.0 Å². The maximum absolute atomic E-state index is 13.0. The Morgan fingerprint density at radius 2 is 1.93 bits per heavy atom. The standard InChI is InChI=1S/C23H31N3O2/c1-22(2)16-8-11-23(22,3)19(14-16)25-20(27)15-9-12-26(13-10-15)21-24-17-6-4-5-7-18(17)28-21/h4-7,15-16,19H,8-14H2,1-3H3,(H,25,27). The van der Waals surface area contributed by atoms with Crippen LogP contribution >= 0.6 is 0 Å². The van der Waals surface area contributed by atoms with Crippen LogP contribution < -0.4 is 10.2 Å². The normalized spacial score (nSPS) is 32.2. The molecule has 3 fully saturated rings. The SMILES string of the molecule is CC1(C)C2CCC1(C)C(NC(=O)C1CCN(c3nc4ccccc4o3)CC1)C2. The van der Waals surface area contributed by atoms with Crippen molar-refractivity contribution in [2.75, 3.05) is 18.0 Å². The van der Waals surface area contributed by atoms with Crippen molar-refractivity contribution in [2.24, 2.45) is 22.7 Å². The molecule has 2 bridgehead atoms. The molecule has 28 heavy (non-hydrogen) atoms. The van der Waals surface area contributed by atoms with Crippen LogP contribution in [0.25, 0.3) is 11.1 Å². The number of benzene rings is 1. The van der Waals surface area contributed by atoms with Crippen molar-refractivity contribution < 1.29 is 9.21 Å². The maximum atomic E-state index is 13.0. The fourth-order valence-corrected chi connectivity index (χ4v) is 6.04. The van der Waals surface area contributed by atoms with Crippen LogP contribution in [-0.4, -0.2) is 30.0 Å². The predicted octanol–water partition coefficient (Wildman–Crippen LogP) is 4.38. The van der Waals surface area contributed by atoms with Crippen LogP contribution in [0.3, 0.4) is 0 Å². The maximum Gasteiger partial charge on any atom is 0.298 e. The Morgan fingerprint density at radius 3 is 2.57 bits per heavy atom. The molecule has 1 aromatic heterocycles. The van der Waals surface area contributed by atoms with E-state index in [1.54, 1.807) is 0 Å². The first-order valence-electron chi connectivity index (χ1n) is 10.8. The number of nitrogens with zero attached hydrogens (tertiary/aromatic N) is 2. The van der Waals surface area contributed by atoms with Gasteiger partial charge in [-0.1, -0.05) is 32.9 Å². The van der Waals surface area contributed by atoms with Gasteiger partial charge < -0.3 is 14.6 Å². The van der Waals surface area contributed by atoms with Gasteiger partial charge in [0.05, 0.1) is 0 Å². The fraction of sp³-hybridized carbons (Fsp3) is 0.652. The molecule has 1 saturated heterocycles. The van der Waals surface area contributed by atoms with Crippen molar-refractivity contribution in [3.63, 3.8) is 0 Å². The highest BCUT2D eigenvalue weighted by atomic mass is 16.4. The molecule has 1 aromatic carbocycles. The van der Waals surface area contributed by atoms with Crippen LogP contribution in [0.5, 0.6) is 0 Å². The number of amides is 1. The Morgan fingerprint density at radius 1 is 1.18 bits per heavy atom. The summed E-state index contributed by atoms with van der Waals surface area (Å²) in [7, 11) is 0. The first kappa shape index (κ1) is 18.0. The van der Waals surface area contributed by atoms with Crippen LogP contribution in [0.1, 0.15) is 52.9 Å². The van der Waals surface area contributed by atoms with Gasteiger partial charge in [-0.25, -0.2) is 0 Å². The highest BCUT2D eigenvalue weighted by Gasteiger charge is 2.61. The number of hydrogen-bond donors (Lipinski definition) is 1. The van der Waals surface area contributed by atoms with Crippen LogP contribution in [0.4, 0.5) is 6.01 Å². The molecule has 1 N–H and O–H groups in total. The number of para-hydroxylation sites is 2. The van der Waals surface area contributed by atoms with E-state index in [0.29, 0.717) is 17.5 Å². The first-order chi connectivity index (χ1) is 13.4. The molecule has 2 aliphatic carbocycles. The first-order valence-corrected chi connectivity index (χ1v) is 10.8. The van der Waals surface area contributed by atoms with E-state index in [0.717, 1.165) is 49.4 Å². The van der Waals surface area contributed by atoms with Gasteiger partial charge in [-0.05, 0) is 61.0 Å². The van der Waals surface area contributed by atoms with Crippen molar-refractivity contribution in [2.45, 2.75) is 58.9 Å². The Kier molecular flexibility index (Phi) is 4.01. The number of carbonyl (C=O) groups excluding carboxylic acids is 1. The second-order valence-corrected chi connectivity index (χ2v) is 9.90. The number of hydrogen-bond acceptors (Lipinski definition) is 4. The van der Waals surface area contributed by atoms with Crippen molar-refractivity contribution in [1.29, 1.82) is 0 Å². The van der Waals surface area contributed by atoms with Gasteiger partial charge in [0.2, 0.25) is 5.91 Å². The van der Waals surface area contributed by atoms with Gasteiger partial charge >= 0.3 is 0 Å². The van der Waals surface area contributed by atoms with E-state index in [1.165, 1.54) is 12.8 Å². The third-order valence-corrected chi connectivity index (χ3v) is 8.53. The summed E-state index contributed by atoms with van der Waals surface area (Å²) in [6.07, 6.45) is 5.43. The molecule has 1 aliphatic heterocycles. The molecule has 0 radical (unpaired) electrons. The van der Waals surface area contributed by atoms with E-state index >= 15 is 0 Å². The summed E-state index contributed by atoms with van der Waals surface area (Å²) in [6, 6.07) is 8.88. The molecule has 2 aromatic rings. The van der Waals surface area contributed by atoms with Gasteiger partial charge in [0, 0.05) is 25.0 Å². The Labute approximate surface area is 166 Å². The molecule has 2 heterocycles. The molecular formula is C23H31N3O2. The lowest BCUT2D eigenvalue weighted by atomic mass is 9.69. The molecule has 5 rings (SSSR count). The van der Waals surface area contributed by atoms with Gasteiger partial charge in [0.15, 0.2) is 5.58 Å². The predicted molar refractivity (Wildman–Crippen MR) is 110 cm³/mol. The number of anilines is 1. The molecule has 5 heteroatoms. The van der Waals surface area contributed by atoms with Gasteiger partial charge in [0.25, 0.3) is 6.01 Å². The minimum atomic E-state index is 0.103. The average molecular weight is 382 g/mol. The minimum Gasteiger partial charge on any atom is -0.423 e. The van der Waals surface area contributed by atoms with Crippen molar-refractivity contribution in [3.05, 3.63) is 24.3 Å². The molecule has 0 spiro atoms. The lowest BCUT2D eigenvalue weighted by molar-refractivity contribution is -0.127. The third-order valence-electron chi connectivity index (χ3n) is 8.53. The highest BCUT2D eigenvalue weighted by Crippen LogP contribution is 2.65. The van der Waals surface area contributed by atoms with E-state index in [9.17, 15) is 4.79 Å². The molecule has 1 amide bonds. The summed E-state index contributed by atoms with van der Waals surface area (Å²) in [4.78, 5) is 19.8. The topological polar surface area (TPSA) is 58.4 Å². The zero-order chi connectivity index (χ0) is 19.5. The van der Waals surface area contributed by atoms with Gasteiger partial charge in [-0.3, -0.25) is 4.79 Å². The summed E-state index contributed by atoms with van der Waals surface area (Å²) in [6.45, 7) is 8.83. The zero-order valence-electron chi connectivity index (χ0n) is 17.2. The van der Waals surface area contributed by atoms with Crippen LogP contribution in [-0.2, 0) is 4.79 Å². The largest absolute Gasteiger partial charge is 0.423 e. The summed E-state index contributed by atoms with van der Waals surface area (Å²) in [5.74, 6) is 1.11. The van der Waals surface area contributed by atoms with E-state index in [-0.39, 0.29) is 17.2 Å². The van der Waals surface area contributed by atoms with E-state index < -0.39 is 0 Å². The Bertz CT molecular complexity index is 863. The highest BCUT2D eigenvalue weighted by molar-refractivity contribution is 5.79. The monoisotopic (exact) mass is 381 g/mol. The summed E-state index contributed by atoms with van der Waals surface area (Å²) < 4.78 is 5.89. The number of nitrogens with one attached hydrogen (secondary N) is 1. The number of aromatic nitrogens is 1. The lowest BCUT2D eigenvalue weighted by Crippen LogP contribution is -2.50. The number of fused-ring (bicyclic) bond motifs is 3. The van der Waals surface area contributed by atoms with Crippen molar-refractivity contribution in [1.82, 2.24) is 10.3 Å². The third kappa shape index (κ3) is 2.58. The summed E-state index contributed by atoms with van der Waals surface area (Å²) >= 11 is 0. The number of carbonyl (C=O) groups is 1. The van der Waals surface area contributed by atoms with Crippen molar-refractivity contribution in [3.8, 4) is 0 Å². The molecule has 2 saturated carbocycles. The average Bonchev–Trinajstić information content (AvgIpc) is 3.27. The van der Waals surface area contributed by atoms with Gasteiger partial charge in [0.1, 0.15) is 5.52 Å². The quantitative estimate of drug-likeness (QED) is 0.857. The molecule has 150 valence electrons. The Balaban J connectivity index is 1.21. The fourth-order valence-electron chi connectivity index (χ4n) is 6.04. The second kappa shape index (κ2) is 6.23. The zero-order valence-corrected chi connectivity index (χ0v) is 17.2. The van der Waals surface area contributed by atoms with E-state index in [4.69, 9.17) is 4.42 Å². The van der Waals surface area contributed by atoms with Crippen LogP contribution in [0.15, 0.2) is 28.7 Å². The molecular weight excluding hydrogens is 350 g/mol. The lowest BCUT2D eigenvalue weighted by Gasteiger charge is -2.40. The number of piperidine rings is 1. The molecule has 5 nitrogen and oxygen atoms in total. The van der Waals surface area contributed by atoms with Gasteiger partial charge in [-0.2, -0.15) is 4.98 Å². The van der Waals surface area contributed by atoms with E-state index in [2.05, 4.69) is 36.0 Å². The number of oxazole rings is 1. The Hall–Kier alpha value is -2.04. The summed E-state index contributed by atoms with van der Waals surface area (Å²) in [5.41, 5.74) is 2.29. The minimum absolute atomic E-state index is 0.103. The summed E-state index contributed by atoms with van der Waals surface area (Å²) in [5, 5.41) is 3.46. The molecule has 3 aliphatic rings. The van der Waals surface area contributed by atoms with E-state index in [1.807, 2.05) is 24.3 Å². The van der Waals surface area contributed by atoms with Gasteiger partial charge in [-0.15, -0.1) is 0 Å². The second-order valence-electron chi connectivity index (χ2n) is 9.90.